The van der Waals surface area contributed by atoms with E-state index < -0.39 is 0 Å². The number of amides is 1. The molecule has 0 fully saturated rings. The van der Waals surface area contributed by atoms with Gasteiger partial charge in [-0.3, -0.25) is 4.79 Å². The second-order valence-electron chi connectivity index (χ2n) is 8.20. The third-order valence-electron chi connectivity index (χ3n) is 5.77. The Balaban J connectivity index is 1.52. The molecule has 3 aromatic carbocycles. The Morgan fingerprint density at radius 3 is 2.44 bits per heavy atom. The van der Waals surface area contributed by atoms with Gasteiger partial charge in [0.25, 0.3) is 5.91 Å². The summed E-state index contributed by atoms with van der Waals surface area (Å²) in [6, 6.07) is 25.8. The number of nitrogens with zero attached hydrogens (tertiary/aromatic N) is 2. The van der Waals surface area contributed by atoms with Crippen molar-refractivity contribution < 1.29 is 9.53 Å². The molecule has 4 aromatic rings. The van der Waals surface area contributed by atoms with Crippen LogP contribution >= 0.6 is 0 Å². The summed E-state index contributed by atoms with van der Waals surface area (Å²) in [6.45, 7) is 5.61. The molecule has 1 N–H and O–H groups in total. The summed E-state index contributed by atoms with van der Waals surface area (Å²) in [7, 11) is 0. The van der Waals surface area contributed by atoms with Crippen molar-refractivity contribution in [2.24, 2.45) is 0 Å². The predicted octanol–water partition coefficient (Wildman–Crippen LogP) is 5.56. The number of nitrogens with one attached hydrogen (secondary N) is 1. The van der Waals surface area contributed by atoms with Gasteiger partial charge in [0.15, 0.2) is 0 Å². The number of benzene rings is 3. The maximum Gasteiger partial charge on any atom is 0.262 e. The third kappa shape index (κ3) is 5.19. The molecule has 5 nitrogen and oxygen atoms in total. The highest BCUT2D eigenvalue weighted by molar-refractivity contribution is 6.04. The molecule has 0 radical (unpaired) electrons. The van der Waals surface area contributed by atoms with E-state index in [1.54, 1.807) is 6.08 Å². The molecule has 4 rings (SSSR count). The molecule has 0 saturated heterocycles. The molecular formula is C29H27N3O2. The molecule has 1 amide bonds. The number of para-hydroxylation sites is 2. The van der Waals surface area contributed by atoms with Crippen molar-refractivity contribution in [2.75, 3.05) is 6.61 Å². The number of rotatable bonds is 8. The Bertz CT molecular complexity index is 1360. The van der Waals surface area contributed by atoms with Crippen LogP contribution in [-0.4, -0.2) is 17.1 Å². The first-order valence-electron chi connectivity index (χ1n) is 11.3. The summed E-state index contributed by atoms with van der Waals surface area (Å²) in [5, 5.41) is 13.5. The van der Waals surface area contributed by atoms with E-state index in [2.05, 4.69) is 16.0 Å². The van der Waals surface area contributed by atoms with Gasteiger partial charge in [0.05, 0.1) is 6.54 Å². The van der Waals surface area contributed by atoms with Gasteiger partial charge in [-0.1, -0.05) is 66.7 Å². The van der Waals surface area contributed by atoms with Crippen molar-refractivity contribution in [3.63, 3.8) is 0 Å². The zero-order valence-electron chi connectivity index (χ0n) is 19.4. The Kier molecular flexibility index (Phi) is 7.10. The molecule has 0 unspecified atom stereocenters. The fourth-order valence-electron chi connectivity index (χ4n) is 4.03. The lowest BCUT2D eigenvalue weighted by atomic mass is 10.1. The Labute approximate surface area is 199 Å². The van der Waals surface area contributed by atoms with Crippen LogP contribution in [0.2, 0.25) is 0 Å². The van der Waals surface area contributed by atoms with Gasteiger partial charge in [0.1, 0.15) is 24.0 Å². The normalized spacial score (nSPS) is 11.3. The average molecular weight is 450 g/mol. The van der Waals surface area contributed by atoms with Crippen molar-refractivity contribution in [3.8, 4) is 11.8 Å². The number of fused-ring (bicyclic) bond motifs is 1. The number of aromatic nitrogens is 1. The van der Waals surface area contributed by atoms with Crippen LogP contribution in [0.4, 0.5) is 0 Å². The van der Waals surface area contributed by atoms with E-state index in [-0.39, 0.29) is 11.5 Å². The lowest BCUT2D eigenvalue weighted by Gasteiger charge is -2.12. The second-order valence-corrected chi connectivity index (χ2v) is 8.20. The number of carbonyl (C=O) groups excluding carboxylic acids is 1. The number of hydrogen-bond acceptors (Lipinski definition) is 3. The Hall–Kier alpha value is -4.30. The van der Waals surface area contributed by atoms with Gasteiger partial charge in [-0.2, -0.15) is 5.26 Å². The summed E-state index contributed by atoms with van der Waals surface area (Å²) in [4.78, 5) is 12.7. The second kappa shape index (κ2) is 10.5. The van der Waals surface area contributed by atoms with Crippen LogP contribution in [0.5, 0.6) is 5.75 Å². The van der Waals surface area contributed by atoms with Crippen LogP contribution < -0.4 is 10.1 Å². The largest absolute Gasteiger partial charge is 0.491 e. The third-order valence-corrected chi connectivity index (χ3v) is 5.77. The summed E-state index contributed by atoms with van der Waals surface area (Å²) in [5.74, 6) is 0.530. The van der Waals surface area contributed by atoms with E-state index in [0.717, 1.165) is 38.9 Å². The molecule has 0 aliphatic carbocycles. The highest BCUT2D eigenvalue weighted by atomic mass is 16.5. The molecule has 0 atom stereocenters. The van der Waals surface area contributed by atoms with Gasteiger partial charge < -0.3 is 14.6 Å². The smallest absolute Gasteiger partial charge is 0.262 e. The van der Waals surface area contributed by atoms with E-state index in [9.17, 15) is 10.1 Å². The first-order chi connectivity index (χ1) is 16.6. The monoisotopic (exact) mass is 449 g/mol. The first-order valence-corrected chi connectivity index (χ1v) is 11.3. The number of nitriles is 1. The Morgan fingerprint density at radius 1 is 1.00 bits per heavy atom. The first kappa shape index (κ1) is 22.9. The van der Waals surface area contributed by atoms with Crippen LogP contribution in [0.25, 0.3) is 17.0 Å². The van der Waals surface area contributed by atoms with Crippen molar-refractivity contribution in [1.82, 2.24) is 9.88 Å². The minimum absolute atomic E-state index is 0.0746. The molecular weight excluding hydrogens is 422 g/mol. The van der Waals surface area contributed by atoms with Gasteiger partial charge in [-0.05, 0) is 42.7 Å². The molecule has 1 aromatic heterocycles. The maximum absolute atomic E-state index is 12.7. The molecule has 5 heteroatoms. The van der Waals surface area contributed by atoms with Crippen LogP contribution in [-0.2, 0) is 17.9 Å². The number of ether oxygens (including phenoxy) is 1. The van der Waals surface area contributed by atoms with Gasteiger partial charge in [-0.15, -0.1) is 0 Å². The summed E-state index contributed by atoms with van der Waals surface area (Å²) in [6.07, 6.45) is 3.63. The SMILES string of the molecule is Cc1cccc(C)c1OCCn1cc(/C=C(\C#N)C(=O)NCc2ccccc2)c2ccccc21. The molecule has 0 aliphatic heterocycles. The van der Waals surface area contributed by atoms with Gasteiger partial charge >= 0.3 is 0 Å². The summed E-state index contributed by atoms with van der Waals surface area (Å²) >= 11 is 0. The Morgan fingerprint density at radius 2 is 1.71 bits per heavy atom. The van der Waals surface area contributed by atoms with E-state index >= 15 is 0 Å². The fourth-order valence-corrected chi connectivity index (χ4v) is 4.03. The zero-order valence-corrected chi connectivity index (χ0v) is 19.4. The molecule has 1 heterocycles. The predicted molar refractivity (Wildman–Crippen MR) is 135 cm³/mol. The minimum atomic E-state index is -0.387. The standard InChI is InChI=1S/C29H27N3O2/c1-21-9-8-10-22(2)28(21)34-16-15-32-20-25(26-13-6-7-14-27(26)32)17-24(18-30)29(33)31-19-23-11-4-3-5-12-23/h3-14,17,20H,15-16,19H2,1-2H3,(H,31,33)/b24-17+. The van der Waals surface area contributed by atoms with Crippen molar-refractivity contribution in [2.45, 2.75) is 26.9 Å². The van der Waals surface area contributed by atoms with Crippen LogP contribution in [0.3, 0.4) is 0 Å². The van der Waals surface area contributed by atoms with Gasteiger partial charge in [0, 0.05) is 29.2 Å². The van der Waals surface area contributed by atoms with E-state index in [0.29, 0.717) is 19.7 Å². The maximum atomic E-state index is 12.7. The summed E-state index contributed by atoms with van der Waals surface area (Å²) in [5.41, 5.74) is 5.14. The number of aryl methyl sites for hydroxylation is 2. The van der Waals surface area contributed by atoms with E-state index in [1.165, 1.54) is 0 Å². The van der Waals surface area contributed by atoms with E-state index in [4.69, 9.17) is 4.74 Å². The summed E-state index contributed by atoms with van der Waals surface area (Å²) < 4.78 is 8.19. The lowest BCUT2D eigenvalue weighted by molar-refractivity contribution is -0.117. The molecule has 34 heavy (non-hydrogen) atoms. The van der Waals surface area contributed by atoms with Crippen molar-refractivity contribution in [3.05, 3.63) is 107 Å². The van der Waals surface area contributed by atoms with Crippen LogP contribution in [0, 0.1) is 25.2 Å². The van der Waals surface area contributed by atoms with Gasteiger partial charge in [0.2, 0.25) is 0 Å². The minimum Gasteiger partial charge on any atom is -0.491 e. The average Bonchev–Trinajstić information content (AvgIpc) is 3.21. The molecule has 0 spiro atoms. The van der Waals surface area contributed by atoms with Crippen molar-refractivity contribution in [1.29, 1.82) is 5.26 Å². The molecule has 170 valence electrons. The molecule has 0 bridgehead atoms. The lowest BCUT2D eigenvalue weighted by Crippen LogP contribution is -2.23. The highest BCUT2D eigenvalue weighted by Gasteiger charge is 2.13. The van der Waals surface area contributed by atoms with Gasteiger partial charge in [-0.25, -0.2) is 0 Å². The van der Waals surface area contributed by atoms with E-state index in [1.807, 2.05) is 92.8 Å². The fraction of sp³-hybridized carbons (Fsp3) is 0.172. The number of hydrogen-bond donors (Lipinski definition) is 1. The van der Waals surface area contributed by atoms with Crippen molar-refractivity contribution >= 4 is 22.9 Å². The number of carbonyl (C=O) groups is 1. The zero-order chi connectivity index (χ0) is 23.9. The van der Waals surface area contributed by atoms with Crippen LogP contribution in [0.1, 0.15) is 22.3 Å². The topological polar surface area (TPSA) is 67.0 Å². The quantitative estimate of drug-likeness (QED) is 0.283. The molecule has 0 saturated carbocycles. The van der Waals surface area contributed by atoms with Crippen LogP contribution in [0.15, 0.2) is 84.6 Å². The molecule has 0 aliphatic rings. The highest BCUT2D eigenvalue weighted by Crippen LogP contribution is 2.25.